The van der Waals surface area contributed by atoms with E-state index >= 15 is 0 Å². The number of aryl methyl sites for hydroxylation is 1. The minimum atomic E-state index is 0.0816. The molecule has 0 radical (unpaired) electrons. The maximum absolute atomic E-state index is 6.34. The molecular formula is C25H30N6O2S. The summed E-state index contributed by atoms with van der Waals surface area (Å²) in [5.41, 5.74) is 4.00. The highest BCUT2D eigenvalue weighted by molar-refractivity contribution is 7.71. The fraction of sp³-hybridized carbons (Fsp3) is 0.400. The number of hydrogen-bond donors (Lipinski definition) is 2. The smallest absolute Gasteiger partial charge is 0.178 e. The molecule has 1 aliphatic rings. The highest BCUT2D eigenvalue weighted by Gasteiger charge is 2.16. The Labute approximate surface area is 203 Å². The number of para-hydroxylation sites is 1. The summed E-state index contributed by atoms with van der Waals surface area (Å²) >= 11 is 5.47. The molecule has 1 atom stereocenters. The van der Waals surface area contributed by atoms with Gasteiger partial charge >= 0.3 is 0 Å². The van der Waals surface area contributed by atoms with Crippen LogP contribution >= 0.6 is 12.2 Å². The van der Waals surface area contributed by atoms with Crippen LogP contribution in [-0.4, -0.2) is 63.4 Å². The van der Waals surface area contributed by atoms with Gasteiger partial charge in [0.05, 0.1) is 29.8 Å². The third-order valence-electron chi connectivity index (χ3n) is 6.21. The van der Waals surface area contributed by atoms with Gasteiger partial charge in [0.1, 0.15) is 24.0 Å². The standard InChI is InChI=1S/C25H30N6O2S/c1-3-31-22-13-20-19(12-21(22)29-25(31)34)24(28-16-27-20)26-14-18-6-4-5-7-23(18)33-17(2)15-30-8-10-32-11-9-30/h4-7,12-13,16-17H,3,8-11,14-15H2,1-2H3,(H,29,34)(H,26,27,28). The monoisotopic (exact) mass is 478 g/mol. The van der Waals surface area contributed by atoms with E-state index in [9.17, 15) is 0 Å². The molecule has 2 N–H and O–H groups in total. The van der Waals surface area contributed by atoms with Gasteiger partial charge < -0.3 is 24.3 Å². The number of benzene rings is 2. The van der Waals surface area contributed by atoms with Crippen molar-refractivity contribution in [2.24, 2.45) is 0 Å². The highest BCUT2D eigenvalue weighted by Crippen LogP contribution is 2.27. The summed E-state index contributed by atoms with van der Waals surface area (Å²) < 4.78 is 14.6. The molecule has 1 fully saturated rings. The molecule has 2 aromatic carbocycles. The number of morpholine rings is 1. The first-order valence-electron chi connectivity index (χ1n) is 11.8. The van der Waals surface area contributed by atoms with E-state index in [2.05, 4.69) is 61.8 Å². The first-order valence-corrected chi connectivity index (χ1v) is 12.2. The SMILES string of the molecule is CCn1c(=S)[nH]c2cc3c(NCc4ccccc4OC(C)CN4CCOCC4)ncnc3cc21. The van der Waals surface area contributed by atoms with E-state index in [4.69, 9.17) is 21.7 Å². The van der Waals surface area contributed by atoms with Crippen LogP contribution in [0.25, 0.3) is 21.9 Å². The molecule has 9 heteroatoms. The Hall–Kier alpha value is -3.01. The maximum Gasteiger partial charge on any atom is 0.178 e. The fourth-order valence-electron chi connectivity index (χ4n) is 4.51. The number of H-pyrrole nitrogens is 1. The zero-order valence-electron chi connectivity index (χ0n) is 19.6. The molecule has 0 saturated carbocycles. The van der Waals surface area contributed by atoms with Gasteiger partial charge in [-0.25, -0.2) is 9.97 Å². The van der Waals surface area contributed by atoms with E-state index in [1.54, 1.807) is 6.33 Å². The van der Waals surface area contributed by atoms with Gasteiger partial charge in [0.2, 0.25) is 0 Å². The minimum absolute atomic E-state index is 0.0816. The lowest BCUT2D eigenvalue weighted by Gasteiger charge is -2.29. The van der Waals surface area contributed by atoms with E-state index in [0.717, 1.165) is 78.5 Å². The van der Waals surface area contributed by atoms with Crippen LogP contribution in [0.15, 0.2) is 42.7 Å². The van der Waals surface area contributed by atoms with E-state index in [-0.39, 0.29) is 6.10 Å². The van der Waals surface area contributed by atoms with Gasteiger partial charge in [-0.05, 0) is 44.3 Å². The van der Waals surface area contributed by atoms with Crippen LogP contribution in [0.4, 0.5) is 5.82 Å². The van der Waals surface area contributed by atoms with E-state index in [1.165, 1.54) is 0 Å². The van der Waals surface area contributed by atoms with Crippen LogP contribution in [0.5, 0.6) is 5.75 Å². The Balaban J connectivity index is 1.34. The second-order valence-corrected chi connectivity index (χ2v) is 8.97. The molecule has 1 unspecified atom stereocenters. The largest absolute Gasteiger partial charge is 0.489 e. The Morgan fingerprint density at radius 1 is 1.21 bits per heavy atom. The molecule has 34 heavy (non-hydrogen) atoms. The van der Waals surface area contributed by atoms with Gasteiger partial charge in [-0.2, -0.15) is 0 Å². The Morgan fingerprint density at radius 3 is 2.85 bits per heavy atom. The van der Waals surface area contributed by atoms with Crippen molar-refractivity contribution >= 4 is 40.0 Å². The lowest BCUT2D eigenvalue weighted by atomic mass is 10.1. The Bertz CT molecular complexity index is 1340. The Morgan fingerprint density at radius 2 is 2.03 bits per heavy atom. The summed E-state index contributed by atoms with van der Waals surface area (Å²) in [7, 11) is 0. The first-order chi connectivity index (χ1) is 16.6. The van der Waals surface area contributed by atoms with Crippen LogP contribution in [0.2, 0.25) is 0 Å². The van der Waals surface area contributed by atoms with Crippen molar-refractivity contribution in [3.63, 3.8) is 0 Å². The number of hydrogen-bond acceptors (Lipinski definition) is 7. The van der Waals surface area contributed by atoms with Crippen molar-refractivity contribution in [2.45, 2.75) is 33.0 Å². The fourth-order valence-corrected chi connectivity index (χ4v) is 4.84. The first kappa shape index (κ1) is 22.8. The molecule has 8 nitrogen and oxygen atoms in total. The van der Waals surface area contributed by atoms with Crippen LogP contribution in [0.1, 0.15) is 19.4 Å². The molecule has 2 aromatic heterocycles. The number of anilines is 1. The molecule has 4 aromatic rings. The van der Waals surface area contributed by atoms with Crippen LogP contribution in [0.3, 0.4) is 0 Å². The molecule has 1 saturated heterocycles. The topological polar surface area (TPSA) is 80.2 Å². The molecule has 178 valence electrons. The van der Waals surface area contributed by atoms with Gasteiger partial charge in [-0.1, -0.05) is 18.2 Å². The van der Waals surface area contributed by atoms with Crippen LogP contribution < -0.4 is 10.1 Å². The quantitative estimate of drug-likeness (QED) is 0.364. The lowest BCUT2D eigenvalue weighted by Crippen LogP contribution is -2.41. The number of nitrogens with one attached hydrogen (secondary N) is 2. The number of imidazole rings is 1. The summed E-state index contributed by atoms with van der Waals surface area (Å²) in [6, 6.07) is 12.3. The zero-order valence-corrected chi connectivity index (χ0v) is 20.4. The van der Waals surface area contributed by atoms with Crippen LogP contribution in [0, 0.1) is 4.77 Å². The third kappa shape index (κ3) is 4.77. The molecule has 3 heterocycles. The van der Waals surface area contributed by atoms with Crippen molar-refractivity contribution in [1.29, 1.82) is 0 Å². The van der Waals surface area contributed by atoms with E-state index in [0.29, 0.717) is 11.3 Å². The highest BCUT2D eigenvalue weighted by atomic mass is 32.1. The van der Waals surface area contributed by atoms with Crippen molar-refractivity contribution in [2.75, 3.05) is 38.2 Å². The van der Waals surface area contributed by atoms with Gasteiger partial charge in [-0.15, -0.1) is 0 Å². The average molecular weight is 479 g/mol. The van der Waals surface area contributed by atoms with E-state index < -0.39 is 0 Å². The van der Waals surface area contributed by atoms with Gasteiger partial charge in [0, 0.05) is 43.7 Å². The van der Waals surface area contributed by atoms with Crippen LogP contribution in [-0.2, 0) is 17.8 Å². The number of rotatable bonds is 8. The second-order valence-electron chi connectivity index (χ2n) is 8.59. The zero-order chi connectivity index (χ0) is 23.5. The van der Waals surface area contributed by atoms with Crippen molar-refractivity contribution in [3.8, 4) is 5.75 Å². The number of fused-ring (bicyclic) bond motifs is 2. The summed E-state index contributed by atoms with van der Waals surface area (Å²) in [5.74, 6) is 1.67. The van der Waals surface area contributed by atoms with Crippen molar-refractivity contribution in [3.05, 3.63) is 53.1 Å². The van der Waals surface area contributed by atoms with E-state index in [1.807, 2.05) is 18.2 Å². The third-order valence-corrected chi connectivity index (χ3v) is 6.54. The minimum Gasteiger partial charge on any atom is -0.489 e. The number of ether oxygens (including phenoxy) is 2. The second kappa shape index (κ2) is 10.1. The van der Waals surface area contributed by atoms with Crippen molar-refractivity contribution < 1.29 is 9.47 Å². The molecular weight excluding hydrogens is 448 g/mol. The molecule has 5 rings (SSSR count). The van der Waals surface area contributed by atoms with Crippen molar-refractivity contribution in [1.82, 2.24) is 24.4 Å². The van der Waals surface area contributed by atoms with Gasteiger partial charge in [0.15, 0.2) is 4.77 Å². The summed E-state index contributed by atoms with van der Waals surface area (Å²) in [4.78, 5) is 14.7. The molecule has 0 spiro atoms. The summed E-state index contributed by atoms with van der Waals surface area (Å²) in [6.07, 6.45) is 1.68. The number of nitrogens with zero attached hydrogens (tertiary/aromatic N) is 4. The maximum atomic E-state index is 6.34. The summed E-state index contributed by atoms with van der Waals surface area (Å²) in [6.45, 7) is 9.99. The predicted octanol–water partition coefficient (Wildman–Crippen LogP) is 4.37. The number of aromatic amines is 1. The predicted molar refractivity (Wildman–Crippen MR) is 137 cm³/mol. The lowest BCUT2D eigenvalue weighted by molar-refractivity contribution is 0.0217. The molecule has 0 bridgehead atoms. The normalized spacial score (nSPS) is 15.6. The number of aromatic nitrogens is 4. The Kier molecular flexibility index (Phi) is 6.75. The summed E-state index contributed by atoms with van der Waals surface area (Å²) in [5, 5.41) is 4.45. The molecule has 0 aliphatic carbocycles. The van der Waals surface area contributed by atoms with Gasteiger partial charge in [0.25, 0.3) is 0 Å². The molecule has 1 aliphatic heterocycles. The average Bonchev–Trinajstić information content (AvgIpc) is 3.16. The molecule has 0 amide bonds. The van der Waals surface area contributed by atoms with Gasteiger partial charge in [-0.3, -0.25) is 4.90 Å².